The first-order valence-electron chi connectivity index (χ1n) is 6.78. The molecule has 2 rings (SSSR count). The van der Waals surface area contributed by atoms with Crippen molar-refractivity contribution in [2.75, 3.05) is 13.4 Å². The van der Waals surface area contributed by atoms with Crippen LogP contribution in [-0.2, 0) is 4.79 Å². The van der Waals surface area contributed by atoms with Crippen molar-refractivity contribution >= 4 is 12.2 Å². The molecule has 0 unspecified atom stereocenters. The van der Waals surface area contributed by atoms with Crippen LogP contribution in [0.5, 0.6) is 17.2 Å². The number of amides is 1. The number of fused-ring (bicyclic) bond motifs is 1. The number of ether oxygens (including phenoxy) is 3. The summed E-state index contributed by atoms with van der Waals surface area (Å²) in [6.07, 6.45) is 1.47. The second kappa shape index (κ2) is 6.03. The predicted octanol–water partition coefficient (Wildman–Crippen LogP) is 1.91. The minimum absolute atomic E-state index is 0.113. The van der Waals surface area contributed by atoms with Crippen LogP contribution in [0.2, 0.25) is 0 Å². The molecule has 0 aromatic heterocycles. The number of nitrogens with one attached hydrogen (secondary N) is 1. The highest BCUT2D eigenvalue weighted by Gasteiger charge is 2.20. The Morgan fingerprint density at radius 3 is 2.67 bits per heavy atom. The van der Waals surface area contributed by atoms with E-state index in [2.05, 4.69) is 5.32 Å². The monoisotopic (exact) mass is 293 g/mol. The first-order valence-corrected chi connectivity index (χ1v) is 6.78. The second-order valence-corrected chi connectivity index (χ2v) is 5.44. The fraction of sp³-hybridized carbons (Fsp3) is 0.467. The van der Waals surface area contributed by atoms with Crippen molar-refractivity contribution in [3.05, 3.63) is 17.7 Å². The molecular formula is C15H19NO5. The zero-order valence-electron chi connectivity index (χ0n) is 12.4. The zero-order valence-corrected chi connectivity index (χ0v) is 12.4. The Morgan fingerprint density at radius 2 is 2.05 bits per heavy atom. The van der Waals surface area contributed by atoms with Gasteiger partial charge in [0.25, 0.3) is 5.91 Å². The minimum Gasteiger partial charge on any atom is -0.483 e. The third kappa shape index (κ3) is 3.65. The normalized spacial score (nSPS) is 12.9. The lowest BCUT2D eigenvalue weighted by atomic mass is 10.0. The van der Waals surface area contributed by atoms with E-state index in [0.717, 1.165) is 6.42 Å². The molecule has 6 heteroatoms. The average Bonchev–Trinajstić information content (AvgIpc) is 2.90. The molecule has 1 heterocycles. The maximum Gasteiger partial charge on any atom is 0.258 e. The fourth-order valence-electron chi connectivity index (χ4n) is 1.80. The molecule has 1 aliphatic heterocycles. The molecule has 0 aliphatic carbocycles. The van der Waals surface area contributed by atoms with Gasteiger partial charge in [0.2, 0.25) is 6.79 Å². The molecule has 21 heavy (non-hydrogen) atoms. The molecule has 1 amide bonds. The second-order valence-electron chi connectivity index (χ2n) is 5.44. The van der Waals surface area contributed by atoms with Gasteiger partial charge in [0.1, 0.15) is 5.75 Å². The van der Waals surface area contributed by atoms with E-state index >= 15 is 0 Å². The molecule has 6 nitrogen and oxygen atoms in total. The van der Waals surface area contributed by atoms with E-state index < -0.39 is 0 Å². The Balaban J connectivity index is 2.03. The lowest BCUT2D eigenvalue weighted by Gasteiger charge is -2.24. The van der Waals surface area contributed by atoms with Crippen LogP contribution in [-0.4, -0.2) is 31.1 Å². The van der Waals surface area contributed by atoms with Gasteiger partial charge in [-0.3, -0.25) is 9.59 Å². The Hall–Kier alpha value is -2.24. The number of rotatable bonds is 6. The van der Waals surface area contributed by atoms with Gasteiger partial charge in [-0.25, -0.2) is 0 Å². The topological polar surface area (TPSA) is 73.9 Å². The molecule has 0 fully saturated rings. The summed E-state index contributed by atoms with van der Waals surface area (Å²) in [7, 11) is 0. The number of hydrogen-bond acceptors (Lipinski definition) is 5. The van der Waals surface area contributed by atoms with Crippen LogP contribution in [0.15, 0.2) is 12.1 Å². The predicted molar refractivity (Wildman–Crippen MR) is 76.0 cm³/mol. The van der Waals surface area contributed by atoms with Gasteiger partial charge < -0.3 is 19.5 Å². The minimum atomic E-state index is -0.289. The molecule has 114 valence electrons. The van der Waals surface area contributed by atoms with Crippen LogP contribution < -0.4 is 19.5 Å². The summed E-state index contributed by atoms with van der Waals surface area (Å²) < 4.78 is 15.8. The number of carbonyl (C=O) groups excluding carboxylic acids is 2. The van der Waals surface area contributed by atoms with Crippen LogP contribution in [0.25, 0.3) is 0 Å². The highest BCUT2D eigenvalue weighted by atomic mass is 16.7. The van der Waals surface area contributed by atoms with Crippen LogP contribution >= 0.6 is 0 Å². The number of carbonyl (C=O) groups is 2. The van der Waals surface area contributed by atoms with Gasteiger partial charge in [-0.15, -0.1) is 0 Å². The molecule has 1 aliphatic rings. The number of aldehydes is 1. The van der Waals surface area contributed by atoms with Crippen molar-refractivity contribution in [3.63, 3.8) is 0 Å². The van der Waals surface area contributed by atoms with Crippen molar-refractivity contribution in [1.29, 1.82) is 0 Å². The van der Waals surface area contributed by atoms with Gasteiger partial charge in [0.15, 0.2) is 24.4 Å². The van der Waals surface area contributed by atoms with Crippen molar-refractivity contribution in [2.45, 2.75) is 32.7 Å². The zero-order chi connectivity index (χ0) is 15.5. The molecule has 0 saturated heterocycles. The summed E-state index contributed by atoms with van der Waals surface area (Å²) in [4.78, 5) is 22.9. The van der Waals surface area contributed by atoms with Crippen LogP contribution in [0.1, 0.15) is 37.6 Å². The van der Waals surface area contributed by atoms with Crippen molar-refractivity contribution in [1.82, 2.24) is 5.32 Å². The van der Waals surface area contributed by atoms with Crippen LogP contribution in [0.3, 0.4) is 0 Å². The van der Waals surface area contributed by atoms with E-state index in [1.54, 1.807) is 12.1 Å². The SMILES string of the molecule is CCC(C)(C)NC(=O)COc1cc2c(cc1C=O)OCO2. The van der Waals surface area contributed by atoms with Crippen molar-refractivity contribution in [2.24, 2.45) is 0 Å². The molecule has 1 N–H and O–H groups in total. The van der Waals surface area contributed by atoms with Gasteiger partial charge in [0, 0.05) is 11.6 Å². The first kappa shape index (κ1) is 15.2. The summed E-state index contributed by atoms with van der Waals surface area (Å²) >= 11 is 0. The van der Waals surface area contributed by atoms with Gasteiger partial charge in [-0.1, -0.05) is 6.92 Å². The van der Waals surface area contributed by atoms with Gasteiger partial charge in [-0.05, 0) is 26.3 Å². The number of hydrogen-bond donors (Lipinski definition) is 1. The van der Waals surface area contributed by atoms with Gasteiger partial charge in [0.05, 0.1) is 5.56 Å². The molecular weight excluding hydrogens is 274 g/mol. The maximum absolute atomic E-state index is 11.8. The number of benzene rings is 1. The Bertz CT molecular complexity index is 553. The smallest absolute Gasteiger partial charge is 0.258 e. The van der Waals surface area contributed by atoms with Gasteiger partial charge >= 0.3 is 0 Å². The van der Waals surface area contributed by atoms with E-state index in [-0.39, 0.29) is 24.8 Å². The van der Waals surface area contributed by atoms with E-state index in [9.17, 15) is 9.59 Å². The van der Waals surface area contributed by atoms with Gasteiger partial charge in [-0.2, -0.15) is 0 Å². The lowest BCUT2D eigenvalue weighted by Crippen LogP contribution is -2.44. The molecule has 1 aromatic rings. The van der Waals surface area contributed by atoms with Crippen LogP contribution in [0, 0.1) is 0 Å². The molecule has 0 radical (unpaired) electrons. The molecule has 0 bridgehead atoms. The quantitative estimate of drug-likeness (QED) is 0.811. The van der Waals surface area contributed by atoms with E-state index in [1.165, 1.54) is 0 Å². The third-order valence-corrected chi connectivity index (χ3v) is 3.35. The van der Waals surface area contributed by atoms with E-state index in [4.69, 9.17) is 14.2 Å². The highest BCUT2D eigenvalue weighted by Crippen LogP contribution is 2.37. The summed E-state index contributed by atoms with van der Waals surface area (Å²) in [5, 5.41) is 2.86. The van der Waals surface area contributed by atoms with Crippen molar-refractivity contribution < 1.29 is 23.8 Å². The average molecular weight is 293 g/mol. The molecule has 0 saturated carbocycles. The molecule has 0 spiro atoms. The standard InChI is InChI=1S/C15H19NO5/c1-4-15(2,3)16-14(18)8-19-11-6-13-12(20-9-21-13)5-10(11)7-17/h5-7H,4,8-9H2,1-3H3,(H,16,18). The summed E-state index contributed by atoms with van der Waals surface area (Å²) in [6.45, 7) is 5.81. The largest absolute Gasteiger partial charge is 0.483 e. The Morgan fingerprint density at radius 1 is 1.38 bits per heavy atom. The van der Waals surface area contributed by atoms with Crippen molar-refractivity contribution in [3.8, 4) is 17.2 Å². The first-order chi connectivity index (χ1) is 9.95. The van der Waals surface area contributed by atoms with E-state index in [1.807, 2.05) is 20.8 Å². The lowest BCUT2D eigenvalue weighted by molar-refractivity contribution is -0.124. The Kier molecular flexibility index (Phi) is 4.35. The van der Waals surface area contributed by atoms with E-state index in [0.29, 0.717) is 29.1 Å². The summed E-state index contributed by atoms with van der Waals surface area (Å²) in [5.41, 5.74) is 0.0322. The Labute approximate surface area is 123 Å². The summed E-state index contributed by atoms with van der Waals surface area (Å²) in [6, 6.07) is 3.10. The summed E-state index contributed by atoms with van der Waals surface area (Å²) in [5.74, 6) is 1.07. The third-order valence-electron chi connectivity index (χ3n) is 3.35. The molecule has 1 aromatic carbocycles. The molecule has 0 atom stereocenters. The highest BCUT2D eigenvalue weighted by molar-refractivity contribution is 5.82. The fourth-order valence-corrected chi connectivity index (χ4v) is 1.80. The maximum atomic E-state index is 11.8. The van der Waals surface area contributed by atoms with Crippen LogP contribution in [0.4, 0.5) is 0 Å².